The van der Waals surface area contributed by atoms with Gasteiger partial charge in [0.05, 0.1) is 28.5 Å². The molecule has 2 amide bonds. The lowest BCUT2D eigenvalue weighted by Crippen LogP contribution is -2.44. The van der Waals surface area contributed by atoms with Crippen LogP contribution in [0.2, 0.25) is 5.02 Å². The van der Waals surface area contributed by atoms with Gasteiger partial charge in [-0.1, -0.05) is 29.8 Å². The zero-order valence-electron chi connectivity index (χ0n) is 25.3. The number of H-pyrrole nitrogens is 1. The molecule has 3 N–H and O–H groups in total. The number of nitrogens with zero attached hydrogens (tertiary/aromatic N) is 3. The second-order valence-electron chi connectivity index (χ2n) is 12.0. The lowest BCUT2D eigenvalue weighted by Gasteiger charge is -2.25. The maximum atomic E-state index is 13.1. The van der Waals surface area contributed by atoms with E-state index >= 15 is 0 Å². The smallest absolute Gasteiger partial charge is 0.251 e. The van der Waals surface area contributed by atoms with E-state index in [1.165, 1.54) is 0 Å². The Bertz CT molecular complexity index is 1860. The number of imidazole rings is 1. The number of aryl methyl sites for hydroxylation is 3. The van der Waals surface area contributed by atoms with E-state index < -0.39 is 6.04 Å². The van der Waals surface area contributed by atoms with Crippen molar-refractivity contribution in [3.63, 3.8) is 0 Å². The molecular weight excluding hydrogens is 588 g/mol. The molecule has 2 unspecified atom stereocenters. The number of fused-ring (bicyclic) bond motifs is 2. The Hall–Kier alpha value is -4.50. The zero-order valence-corrected chi connectivity index (χ0v) is 26.1. The topological polar surface area (TPSA) is 121 Å². The fourth-order valence-corrected chi connectivity index (χ4v) is 6.51. The minimum atomic E-state index is -0.550. The van der Waals surface area contributed by atoms with Gasteiger partial charge in [-0.15, -0.1) is 0 Å². The van der Waals surface area contributed by atoms with Crippen LogP contribution in [0.3, 0.4) is 0 Å². The van der Waals surface area contributed by atoms with Gasteiger partial charge in [0.25, 0.3) is 5.91 Å². The van der Waals surface area contributed by atoms with Gasteiger partial charge in [0.2, 0.25) is 5.91 Å². The molecule has 45 heavy (non-hydrogen) atoms. The van der Waals surface area contributed by atoms with E-state index in [1.807, 2.05) is 65.4 Å². The fraction of sp³-hybridized carbons (Fsp3) is 0.343. The quantitative estimate of drug-likeness (QED) is 0.176. The second-order valence-corrected chi connectivity index (χ2v) is 12.4. The van der Waals surface area contributed by atoms with Gasteiger partial charge in [0.1, 0.15) is 0 Å². The van der Waals surface area contributed by atoms with Crippen LogP contribution >= 0.6 is 11.6 Å². The Morgan fingerprint density at radius 3 is 2.89 bits per heavy atom. The van der Waals surface area contributed by atoms with Crippen molar-refractivity contribution in [3.8, 4) is 0 Å². The van der Waals surface area contributed by atoms with Crippen LogP contribution in [0.15, 0.2) is 67.1 Å². The van der Waals surface area contributed by atoms with Gasteiger partial charge in [-0.2, -0.15) is 5.10 Å². The molecule has 0 spiro atoms. The van der Waals surface area contributed by atoms with E-state index in [0.717, 1.165) is 64.6 Å². The Kier molecular flexibility index (Phi) is 9.26. The molecule has 3 aromatic heterocycles. The normalized spacial score (nSPS) is 17.3. The van der Waals surface area contributed by atoms with Crippen LogP contribution in [0, 0.1) is 12.8 Å². The number of ketones is 1. The van der Waals surface area contributed by atoms with Crippen molar-refractivity contribution in [2.45, 2.75) is 64.3 Å². The van der Waals surface area contributed by atoms with Gasteiger partial charge in [0, 0.05) is 49.2 Å². The number of aromatic nitrogens is 4. The van der Waals surface area contributed by atoms with E-state index in [0.29, 0.717) is 42.8 Å². The van der Waals surface area contributed by atoms with Gasteiger partial charge in [0.15, 0.2) is 11.4 Å². The number of carbonyl (C=O) groups is 3. The van der Waals surface area contributed by atoms with Crippen LogP contribution in [0.25, 0.3) is 16.6 Å². The highest BCUT2D eigenvalue weighted by atomic mass is 35.5. The Balaban J connectivity index is 0.971. The summed E-state index contributed by atoms with van der Waals surface area (Å²) >= 11 is 6.29. The molecule has 1 aliphatic heterocycles. The number of Topliss-reactive ketones (excluding diaryl/α,β-unsaturated/α-hetero) is 1. The summed E-state index contributed by atoms with van der Waals surface area (Å²) in [5.41, 5.74) is 6.53. The summed E-state index contributed by atoms with van der Waals surface area (Å²) in [5, 5.41) is 12.0. The lowest BCUT2D eigenvalue weighted by atomic mass is 9.88. The molecule has 1 aliphatic rings. The van der Waals surface area contributed by atoms with Crippen molar-refractivity contribution in [1.82, 2.24) is 30.2 Å². The van der Waals surface area contributed by atoms with Crippen LogP contribution in [-0.4, -0.2) is 49.8 Å². The summed E-state index contributed by atoms with van der Waals surface area (Å²) < 4.78 is 1.85. The standard InChI is InChI=1S/C35H37ClN6O3/c1-22-9-11-25(18-24(22)12-13-27-21-38-32-8-4-16-40-42(27)32)35(45)37-15-3-5-23-10-14-31(43)30(41-33(44)17-23)19-26-20-39-34-28(26)6-2-7-29(34)36/h2,4,6-9,11,16,18,20-21,23,30,39H,3,5,10,12-15,17,19H2,1H3,(H,37,45)(H,41,44). The maximum absolute atomic E-state index is 13.1. The summed E-state index contributed by atoms with van der Waals surface area (Å²) in [6.45, 7) is 2.56. The molecule has 10 heteroatoms. The van der Waals surface area contributed by atoms with Gasteiger partial charge in [-0.05, 0) is 92.0 Å². The molecule has 2 aromatic carbocycles. The predicted molar refractivity (Wildman–Crippen MR) is 174 cm³/mol. The van der Waals surface area contributed by atoms with Crippen molar-refractivity contribution in [3.05, 3.63) is 100 Å². The van der Waals surface area contributed by atoms with Crippen LogP contribution in [0.5, 0.6) is 0 Å². The Labute approximate surface area is 266 Å². The van der Waals surface area contributed by atoms with Crippen molar-refractivity contribution in [2.75, 3.05) is 6.54 Å². The molecule has 5 aromatic rings. The SMILES string of the molecule is Cc1ccc(C(=O)NCCCC2CCC(=O)C(Cc3c[nH]c4c(Cl)cccc34)NC(=O)C2)cc1CCc1cnc2cccnn12. The molecule has 0 aliphatic carbocycles. The van der Waals surface area contributed by atoms with Gasteiger partial charge in [-0.25, -0.2) is 9.50 Å². The highest BCUT2D eigenvalue weighted by Crippen LogP contribution is 2.27. The number of amides is 2. The molecule has 6 rings (SSSR count). The minimum Gasteiger partial charge on any atom is -0.360 e. The van der Waals surface area contributed by atoms with Crippen LogP contribution in [0.4, 0.5) is 0 Å². The number of halogens is 1. The van der Waals surface area contributed by atoms with Crippen molar-refractivity contribution >= 4 is 45.7 Å². The number of hydrogen-bond donors (Lipinski definition) is 3. The molecule has 0 saturated carbocycles. The fourth-order valence-electron chi connectivity index (χ4n) is 6.28. The molecular formula is C35H37ClN6O3. The zero-order chi connectivity index (χ0) is 31.3. The number of para-hydroxylation sites is 1. The monoisotopic (exact) mass is 624 g/mol. The summed E-state index contributed by atoms with van der Waals surface area (Å²) in [5.74, 6) is -0.0732. The third-order valence-electron chi connectivity index (χ3n) is 8.86. The molecule has 4 heterocycles. The number of hydrogen-bond acceptors (Lipinski definition) is 5. The van der Waals surface area contributed by atoms with E-state index in [1.54, 1.807) is 6.20 Å². The highest BCUT2D eigenvalue weighted by molar-refractivity contribution is 6.35. The van der Waals surface area contributed by atoms with E-state index in [-0.39, 0.29) is 23.5 Å². The largest absolute Gasteiger partial charge is 0.360 e. The summed E-state index contributed by atoms with van der Waals surface area (Å²) in [7, 11) is 0. The first-order chi connectivity index (χ1) is 21.9. The lowest BCUT2D eigenvalue weighted by molar-refractivity contribution is -0.130. The van der Waals surface area contributed by atoms with Crippen LogP contribution in [-0.2, 0) is 28.9 Å². The first kappa shape index (κ1) is 30.5. The van der Waals surface area contributed by atoms with Gasteiger partial charge >= 0.3 is 0 Å². The minimum absolute atomic E-state index is 0.0468. The van der Waals surface area contributed by atoms with Crippen molar-refractivity contribution < 1.29 is 14.4 Å². The van der Waals surface area contributed by atoms with Crippen LogP contribution in [0.1, 0.15) is 64.8 Å². The Morgan fingerprint density at radius 2 is 2.00 bits per heavy atom. The van der Waals surface area contributed by atoms with E-state index in [2.05, 4.69) is 32.6 Å². The van der Waals surface area contributed by atoms with E-state index in [4.69, 9.17) is 11.6 Å². The van der Waals surface area contributed by atoms with E-state index in [9.17, 15) is 14.4 Å². The number of aromatic amines is 1. The average Bonchev–Trinajstić information content (AvgIpc) is 3.65. The van der Waals surface area contributed by atoms with Crippen molar-refractivity contribution in [2.24, 2.45) is 5.92 Å². The molecule has 0 radical (unpaired) electrons. The van der Waals surface area contributed by atoms with Gasteiger partial charge in [-0.3, -0.25) is 14.4 Å². The van der Waals surface area contributed by atoms with Crippen LogP contribution < -0.4 is 10.6 Å². The third kappa shape index (κ3) is 7.09. The predicted octanol–water partition coefficient (Wildman–Crippen LogP) is 5.56. The summed E-state index contributed by atoms with van der Waals surface area (Å²) in [6, 6.07) is 14.7. The molecule has 0 bridgehead atoms. The first-order valence-corrected chi connectivity index (χ1v) is 16.0. The molecule has 9 nitrogen and oxygen atoms in total. The first-order valence-electron chi connectivity index (χ1n) is 15.6. The highest BCUT2D eigenvalue weighted by Gasteiger charge is 2.27. The average molecular weight is 625 g/mol. The number of benzene rings is 2. The molecule has 232 valence electrons. The maximum Gasteiger partial charge on any atom is 0.251 e. The number of nitrogens with one attached hydrogen (secondary N) is 3. The molecule has 1 saturated heterocycles. The Morgan fingerprint density at radius 1 is 1.11 bits per heavy atom. The van der Waals surface area contributed by atoms with Crippen molar-refractivity contribution in [1.29, 1.82) is 0 Å². The van der Waals surface area contributed by atoms with Gasteiger partial charge < -0.3 is 15.6 Å². The third-order valence-corrected chi connectivity index (χ3v) is 9.17. The summed E-state index contributed by atoms with van der Waals surface area (Å²) in [6.07, 6.45) is 10.4. The molecule has 2 atom stereocenters. The second kappa shape index (κ2) is 13.6. The molecule has 1 fully saturated rings. The number of rotatable bonds is 10. The summed E-state index contributed by atoms with van der Waals surface area (Å²) in [4.78, 5) is 46.5. The number of carbonyl (C=O) groups excluding carboxylic acids is 3.